The molecule has 1 unspecified atom stereocenters. The standard InChI is InChI=1S/C11H10FN3O6/c12-7-2-1-5(15(20)21)3-6(7)10(17)14-8(11(18)19)4-9(13)16/h1-3,8H,4H2,(H2,13,16)(H,14,17)(H,18,19). The zero-order valence-corrected chi connectivity index (χ0v) is 10.4. The minimum atomic E-state index is -1.66. The molecular weight excluding hydrogens is 289 g/mol. The minimum absolute atomic E-state index is 0.539. The summed E-state index contributed by atoms with van der Waals surface area (Å²) in [5.74, 6) is -4.80. The van der Waals surface area contributed by atoms with Gasteiger partial charge < -0.3 is 16.2 Å². The number of hydrogen-bond donors (Lipinski definition) is 3. The van der Waals surface area contributed by atoms with Crippen molar-refractivity contribution in [3.63, 3.8) is 0 Å². The van der Waals surface area contributed by atoms with Crippen LogP contribution in [0.15, 0.2) is 18.2 Å². The summed E-state index contributed by atoms with van der Waals surface area (Å²) < 4.78 is 13.5. The van der Waals surface area contributed by atoms with Gasteiger partial charge in [0.1, 0.15) is 11.9 Å². The Balaban J connectivity index is 3.02. The first kappa shape index (κ1) is 16.0. The number of nitro groups is 1. The highest BCUT2D eigenvalue weighted by atomic mass is 19.1. The molecule has 1 aromatic carbocycles. The Morgan fingerprint density at radius 3 is 2.52 bits per heavy atom. The van der Waals surface area contributed by atoms with Crippen LogP contribution >= 0.6 is 0 Å². The summed E-state index contributed by atoms with van der Waals surface area (Å²) in [6.07, 6.45) is -0.697. The summed E-state index contributed by atoms with van der Waals surface area (Å²) >= 11 is 0. The molecule has 0 aromatic heterocycles. The Kier molecular flexibility index (Phi) is 4.89. The predicted molar refractivity (Wildman–Crippen MR) is 65.8 cm³/mol. The Bertz CT molecular complexity index is 618. The predicted octanol–water partition coefficient (Wildman–Crippen LogP) is -0.208. The fourth-order valence-electron chi connectivity index (χ4n) is 1.44. The van der Waals surface area contributed by atoms with Crippen molar-refractivity contribution >= 4 is 23.5 Å². The number of rotatable bonds is 6. The van der Waals surface area contributed by atoms with E-state index < -0.39 is 52.2 Å². The second-order valence-corrected chi connectivity index (χ2v) is 3.96. The number of hydrogen-bond acceptors (Lipinski definition) is 5. The Labute approximate surface area is 116 Å². The van der Waals surface area contributed by atoms with Gasteiger partial charge in [-0.2, -0.15) is 0 Å². The molecule has 1 rings (SSSR count). The third kappa shape index (κ3) is 4.23. The highest BCUT2D eigenvalue weighted by Gasteiger charge is 2.25. The molecule has 4 N–H and O–H groups in total. The fraction of sp³-hybridized carbons (Fsp3) is 0.182. The number of carbonyl (C=O) groups is 3. The third-order valence-electron chi connectivity index (χ3n) is 2.41. The van der Waals surface area contributed by atoms with E-state index >= 15 is 0 Å². The van der Waals surface area contributed by atoms with Crippen LogP contribution in [0.3, 0.4) is 0 Å². The van der Waals surface area contributed by atoms with Crippen LogP contribution in [-0.4, -0.2) is 33.9 Å². The van der Waals surface area contributed by atoms with E-state index in [2.05, 4.69) is 0 Å². The summed E-state index contributed by atoms with van der Waals surface area (Å²) in [6, 6.07) is 0.559. The zero-order chi connectivity index (χ0) is 16.2. The van der Waals surface area contributed by atoms with Crippen molar-refractivity contribution < 1.29 is 28.8 Å². The van der Waals surface area contributed by atoms with Gasteiger partial charge in [-0.15, -0.1) is 0 Å². The first-order chi connectivity index (χ1) is 9.72. The summed E-state index contributed by atoms with van der Waals surface area (Å²) in [5, 5.41) is 21.2. The monoisotopic (exact) mass is 299 g/mol. The molecule has 0 fully saturated rings. The van der Waals surface area contributed by atoms with E-state index in [1.807, 2.05) is 5.32 Å². The normalized spacial score (nSPS) is 11.5. The Morgan fingerprint density at radius 1 is 1.43 bits per heavy atom. The summed E-state index contributed by atoms with van der Waals surface area (Å²) in [7, 11) is 0. The van der Waals surface area contributed by atoms with E-state index in [-0.39, 0.29) is 0 Å². The third-order valence-corrected chi connectivity index (χ3v) is 2.41. The summed E-state index contributed by atoms with van der Waals surface area (Å²) in [5.41, 5.74) is 3.58. The van der Waals surface area contributed by atoms with Gasteiger partial charge in [0.25, 0.3) is 11.6 Å². The molecule has 0 aliphatic heterocycles. The number of amides is 2. The van der Waals surface area contributed by atoms with Crippen molar-refractivity contribution in [1.82, 2.24) is 5.32 Å². The van der Waals surface area contributed by atoms with Gasteiger partial charge in [0.2, 0.25) is 5.91 Å². The van der Waals surface area contributed by atoms with Crippen LogP contribution in [0, 0.1) is 15.9 Å². The van der Waals surface area contributed by atoms with Crippen molar-refractivity contribution in [2.75, 3.05) is 0 Å². The molecule has 10 heteroatoms. The maximum absolute atomic E-state index is 13.5. The molecule has 0 aliphatic rings. The second kappa shape index (κ2) is 6.41. The lowest BCUT2D eigenvalue weighted by atomic mass is 10.1. The van der Waals surface area contributed by atoms with Crippen LogP contribution in [0.5, 0.6) is 0 Å². The van der Waals surface area contributed by atoms with Crippen molar-refractivity contribution in [3.05, 3.63) is 39.7 Å². The van der Waals surface area contributed by atoms with E-state index in [4.69, 9.17) is 10.8 Å². The molecule has 0 heterocycles. The number of nitrogens with zero attached hydrogens (tertiary/aromatic N) is 1. The number of nitrogens with one attached hydrogen (secondary N) is 1. The number of carbonyl (C=O) groups excluding carboxylic acids is 2. The highest BCUT2D eigenvalue weighted by molar-refractivity contribution is 5.98. The number of halogens is 1. The molecule has 2 amide bonds. The van der Waals surface area contributed by atoms with Crippen molar-refractivity contribution in [1.29, 1.82) is 0 Å². The summed E-state index contributed by atoms with van der Waals surface area (Å²) in [4.78, 5) is 43.0. The maximum atomic E-state index is 13.5. The smallest absolute Gasteiger partial charge is 0.326 e. The van der Waals surface area contributed by atoms with Gasteiger partial charge in [-0.05, 0) is 6.07 Å². The van der Waals surface area contributed by atoms with Gasteiger partial charge in [0, 0.05) is 12.1 Å². The molecule has 0 spiro atoms. The number of benzene rings is 1. The maximum Gasteiger partial charge on any atom is 0.326 e. The average Bonchev–Trinajstić information content (AvgIpc) is 2.37. The number of nitrogens with two attached hydrogens (primary N) is 1. The van der Waals surface area contributed by atoms with Gasteiger partial charge in [0.15, 0.2) is 0 Å². The minimum Gasteiger partial charge on any atom is -0.480 e. The first-order valence-electron chi connectivity index (χ1n) is 5.48. The number of aliphatic carboxylic acids is 1. The lowest BCUT2D eigenvalue weighted by Crippen LogP contribution is -2.43. The number of primary amides is 1. The lowest BCUT2D eigenvalue weighted by Gasteiger charge is -2.13. The van der Waals surface area contributed by atoms with Gasteiger partial charge in [0.05, 0.1) is 16.9 Å². The summed E-state index contributed by atoms with van der Waals surface area (Å²) in [6.45, 7) is 0. The second-order valence-electron chi connectivity index (χ2n) is 3.96. The molecule has 0 saturated carbocycles. The SMILES string of the molecule is NC(=O)CC(NC(=O)c1cc([N+](=O)[O-])ccc1F)C(=O)O. The molecule has 0 saturated heterocycles. The molecule has 1 atom stereocenters. The van der Waals surface area contributed by atoms with Crippen LogP contribution in [-0.2, 0) is 9.59 Å². The van der Waals surface area contributed by atoms with Gasteiger partial charge in [-0.3, -0.25) is 19.7 Å². The zero-order valence-electron chi connectivity index (χ0n) is 10.4. The van der Waals surface area contributed by atoms with Crippen LogP contribution in [0.4, 0.5) is 10.1 Å². The molecule has 0 radical (unpaired) electrons. The van der Waals surface area contributed by atoms with Crippen LogP contribution in [0.1, 0.15) is 16.8 Å². The number of carboxylic acids is 1. The molecule has 21 heavy (non-hydrogen) atoms. The van der Waals surface area contributed by atoms with E-state index in [0.717, 1.165) is 6.07 Å². The van der Waals surface area contributed by atoms with E-state index in [1.165, 1.54) is 0 Å². The van der Waals surface area contributed by atoms with Crippen molar-refractivity contribution in [2.24, 2.45) is 5.73 Å². The fourth-order valence-corrected chi connectivity index (χ4v) is 1.44. The lowest BCUT2D eigenvalue weighted by molar-refractivity contribution is -0.384. The Hall–Kier alpha value is -3.04. The number of nitro benzene ring substituents is 1. The molecule has 112 valence electrons. The number of carboxylic acid groups (broad SMARTS) is 1. The molecule has 0 aliphatic carbocycles. The highest BCUT2D eigenvalue weighted by Crippen LogP contribution is 2.17. The van der Waals surface area contributed by atoms with Gasteiger partial charge in [-0.25, -0.2) is 9.18 Å². The topological polar surface area (TPSA) is 153 Å². The van der Waals surface area contributed by atoms with Gasteiger partial charge >= 0.3 is 5.97 Å². The van der Waals surface area contributed by atoms with E-state index in [1.54, 1.807) is 0 Å². The largest absolute Gasteiger partial charge is 0.480 e. The van der Waals surface area contributed by atoms with E-state index in [9.17, 15) is 28.9 Å². The molecule has 1 aromatic rings. The quantitative estimate of drug-likeness (QED) is 0.488. The van der Waals surface area contributed by atoms with Crippen LogP contribution in [0.25, 0.3) is 0 Å². The van der Waals surface area contributed by atoms with Crippen LogP contribution in [0.2, 0.25) is 0 Å². The van der Waals surface area contributed by atoms with Crippen molar-refractivity contribution in [3.8, 4) is 0 Å². The van der Waals surface area contributed by atoms with Crippen molar-refractivity contribution in [2.45, 2.75) is 12.5 Å². The number of non-ortho nitro benzene ring substituents is 1. The molecule has 9 nitrogen and oxygen atoms in total. The van der Waals surface area contributed by atoms with E-state index in [0.29, 0.717) is 12.1 Å². The Morgan fingerprint density at radius 2 is 2.05 bits per heavy atom. The van der Waals surface area contributed by atoms with Gasteiger partial charge in [-0.1, -0.05) is 0 Å². The first-order valence-corrected chi connectivity index (χ1v) is 5.48. The average molecular weight is 299 g/mol. The molecular formula is C11H10FN3O6. The van der Waals surface area contributed by atoms with Crippen LogP contribution < -0.4 is 11.1 Å². The molecule has 0 bridgehead atoms.